The summed E-state index contributed by atoms with van der Waals surface area (Å²) >= 11 is 0. The Labute approximate surface area is 136 Å². The van der Waals surface area contributed by atoms with Crippen molar-refractivity contribution >= 4 is 0 Å². The van der Waals surface area contributed by atoms with Crippen molar-refractivity contribution in [1.82, 2.24) is 0 Å². The van der Waals surface area contributed by atoms with Crippen LogP contribution in [0.3, 0.4) is 0 Å². The third-order valence-corrected chi connectivity index (χ3v) is 3.78. The molecule has 0 N–H and O–H groups in total. The highest BCUT2D eigenvalue weighted by atomic mass is 19.1. The maximum atomic E-state index is 14.2. The first-order valence-corrected chi connectivity index (χ1v) is 8.00. The maximum absolute atomic E-state index is 14.2. The molecule has 1 heterocycles. The number of hydrogen-bond donors (Lipinski definition) is 0. The van der Waals surface area contributed by atoms with Crippen LogP contribution < -0.4 is 4.74 Å². The Balaban J connectivity index is 1.80. The molecular formula is C18H24F2O3. The van der Waals surface area contributed by atoms with Gasteiger partial charge in [-0.05, 0) is 30.5 Å². The number of alkyl halides is 1. The van der Waals surface area contributed by atoms with E-state index >= 15 is 0 Å². The third-order valence-electron chi connectivity index (χ3n) is 3.78. The quantitative estimate of drug-likeness (QED) is 0.670. The molecule has 1 aliphatic heterocycles. The summed E-state index contributed by atoms with van der Waals surface area (Å²) in [5, 5.41) is 0. The Morgan fingerprint density at radius 1 is 1.39 bits per heavy atom. The summed E-state index contributed by atoms with van der Waals surface area (Å²) in [6.07, 6.45) is 3.49. The number of hydrogen-bond acceptors (Lipinski definition) is 3. The van der Waals surface area contributed by atoms with Crippen molar-refractivity contribution in [2.45, 2.75) is 44.6 Å². The van der Waals surface area contributed by atoms with Gasteiger partial charge in [-0.1, -0.05) is 32.1 Å². The molecule has 0 spiro atoms. The average Bonchev–Trinajstić information content (AvgIpc) is 2.54. The Morgan fingerprint density at radius 2 is 2.13 bits per heavy atom. The van der Waals surface area contributed by atoms with Gasteiger partial charge in [-0.15, -0.1) is 0 Å². The zero-order valence-electron chi connectivity index (χ0n) is 13.5. The number of rotatable bonds is 8. The van der Waals surface area contributed by atoms with Crippen molar-refractivity contribution in [3.05, 3.63) is 42.2 Å². The topological polar surface area (TPSA) is 27.7 Å². The lowest BCUT2D eigenvalue weighted by atomic mass is 10.0. The molecule has 0 bridgehead atoms. The molecule has 1 saturated heterocycles. The van der Waals surface area contributed by atoms with Crippen LogP contribution in [0.25, 0.3) is 0 Å². The molecule has 23 heavy (non-hydrogen) atoms. The Bertz CT molecular complexity index is 511. The van der Waals surface area contributed by atoms with Crippen molar-refractivity contribution in [1.29, 1.82) is 0 Å². The first-order chi connectivity index (χ1) is 11.1. The third kappa shape index (κ3) is 5.29. The number of halogens is 2. The van der Waals surface area contributed by atoms with Gasteiger partial charge in [0.1, 0.15) is 6.61 Å². The van der Waals surface area contributed by atoms with E-state index in [0.29, 0.717) is 19.3 Å². The molecule has 0 aromatic heterocycles. The van der Waals surface area contributed by atoms with Crippen LogP contribution in [0.5, 0.6) is 5.75 Å². The van der Waals surface area contributed by atoms with Crippen molar-refractivity contribution in [3.8, 4) is 5.75 Å². The highest BCUT2D eigenvalue weighted by Crippen LogP contribution is 2.27. The van der Waals surface area contributed by atoms with Crippen LogP contribution in [-0.4, -0.2) is 31.8 Å². The minimum absolute atomic E-state index is 0.0637. The second-order valence-electron chi connectivity index (χ2n) is 5.86. The monoisotopic (exact) mass is 326 g/mol. The first kappa shape index (κ1) is 17.9. The molecule has 1 fully saturated rings. The zero-order chi connectivity index (χ0) is 16.7. The lowest BCUT2D eigenvalue weighted by Crippen LogP contribution is -2.44. The van der Waals surface area contributed by atoms with Gasteiger partial charge in [0.05, 0.1) is 13.2 Å². The van der Waals surface area contributed by atoms with Gasteiger partial charge in [-0.3, -0.25) is 0 Å². The lowest BCUT2D eigenvalue weighted by Gasteiger charge is -2.34. The van der Waals surface area contributed by atoms with Gasteiger partial charge in [0.15, 0.2) is 23.5 Å². The van der Waals surface area contributed by atoms with Crippen molar-refractivity contribution in [2.24, 2.45) is 0 Å². The summed E-state index contributed by atoms with van der Waals surface area (Å²) in [6.45, 7) is 5.85. The minimum atomic E-state index is -1.37. The van der Waals surface area contributed by atoms with Gasteiger partial charge < -0.3 is 14.2 Å². The second-order valence-corrected chi connectivity index (χ2v) is 5.86. The van der Waals surface area contributed by atoms with Gasteiger partial charge in [0.25, 0.3) is 0 Å². The minimum Gasteiger partial charge on any atom is -0.486 e. The average molecular weight is 326 g/mol. The molecular weight excluding hydrogens is 302 g/mol. The van der Waals surface area contributed by atoms with E-state index in [2.05, 4.69) is 6.58 Å². The van der Waals surface area contributed by atoms with Gasteiger partial charge in [-0.2, -0.15) is 0 Å². The van der Waals surface area contributed by atoms with E-state index < -0.39 is 17.8 Å². The molecule has 0 amide bonds. The van der Waals surface area contributed by atoms with E-state index in [1.54, 1.807) is 18.2 Å². The summed E-state index contributed by atoms with van der Waals surface area (Å²) in [5.74, 6) is -0.193. The Hall–Kier alpha value is -1.46. The van der Waals surface area contributed by atoms with Crippen LogP contribution in [0.2, 0.25) is 0 Å². The molecule has 0 saturated carbocycles. The van der Waals surface area contributed by atoms with Gasteiger partial charge in [0.2, 0.25) is 0 Å². The van der Waals surface area contributed by atoms with Crippen LogP contribution in [0, 0.1) is 5.82 Å². The van der Waals surface area contributed by atoms with E-state index in [-0.39, 0.29) is 25.6 Å². The normalized spacial score (nSPS) is 24.4. The summed E-state index contributed by atoms with van der Waals surface area (Å²) in [5.41, 5.74) is -0.548. The molecule has 128 valence electrons. The van der Waals surface area contributed by atoms with E-state index in [0.717, 1.165) is 12.0 Å². The smallest absolute Gasteiger partial charge is 0.165 e. The van der Waals surface area contributed by atoms with E-state index in [1.165, 1.54) is 6.07 Å². The van der Waals surface area contributed by atoms with Crippen LogP contribution in [0.4, 0.5) is 8.78 Å². The van der Waals surface area contributed by atoms with Crippen molar-refractivity contribution in [2.75, 3.05) is 19.8 Å². The molecule has 1 aromatic rings. The molecule has 1 aliphatic rings. The highest BCUT2D eigenvalue weighted by molar-refractivity contribution is 5.29. The van der Waals surface area contributed by atoms with Gasteiger partial charge in [-0.25, -0.2) is 8.78 Å². The summed E-state index contributed by atoms with van der Waals surface area (Å²) in [6, 6.07) is 4.85. The van der Waals surface area contributed by atoms with E-state index in [4.69, 9.17) is 14.2 Å². The fraction of sp³-hybridized carbons (Fsp3) is 0.556. The molecule has 5 heteroatoms. The van der Waals surface area contributed by atoms with Gasteiger partial charge in [0, 0.05) is 6.42 Å². The van der Waals surface area contributed by atoms with Crippen LogP contribution in [0.1, 0.15) is 31.7 Å². The van der Waals surface area contributed by atoms with E-state index in [1.807, 2.05) is 6.92 Å². The second kappa shape index (κ2) is 8.41. The Morgan fingerprint density at radius 3 is 2.74 bits per heavy atom. The number of benzene rings is 1. The van der Waals surface area contributed by atoms with Crippen molar-refractivity contribution in [3.63, 3.8) is 0 Å². The molecule has 0 radical (unpaired) electrons. The molecule has 2 rings (SSSR count). The summed E-state index contributed by atoms with van der Waals surface area (Å²) in [7, 11) is 0. The lowest BCUT2D eigenvalue weighted by molar-refractivity contribution is -0.236. The van der Waals surface area contributed by atoms with Gasteiger partial charge >= 0.3 is 0 Å². The molecule has 0 unspecified atom stereocenters. The summed E-state index contributed by atoms with van der Waals surface area (Å²) < 4.78 is 44.1. The van der Waals surface area contributed by atoms with Crippen LogP contribution >= 0.6 is 0 Å². The first-order valence-electron chi connectivity index (χ1n) is 8.00. The fourth-order valence-electron chi connectivity index (χ4n) is 2.58. The fourth-order valence-corrected chi connectivity index (χ4v) is 2.58. The summed E-state index contributed by atoms with van der Waals surface area (Å²) in [4.78, 5) is 0. The maximum Gasteiger partial charge on any atom is 0.165 e. The molecule has 1 aromatic carbocycles. The van der Waals surface area contributed by atoms with Crippen molar-refractivity contribution < 1.29 is 23.0 Å². The standard InChI is InChI=1S/C18H24F2O3/c1-3-9-18(20)12-22-17(23-13-18)8-6-14-5-7-16(15(19)11-14)21-10-4-2/h4-5,7,11,17H,2-3,6,8-10,12-13H2,1H3. The predicted molar refractivity (Wildman–Crippen MR) is 84.9 cm³/mol. The molecule has 3 nitrogen and oxygen atoms in total. The largest absolute Gasteiger partial charge is 0.486 e. The molecule has 0 aliphatic carbocycles. The predicted octanol–water partition coefficient (Wildman–Crippen LogP) is 4.20. The molecule has 0 atom stereocenters. The zero-order valence-corrected chi connectivity index (χ0v) is 13.5. The SMILES string of the molecule is C=CCOc1ccc(CCC2OCC(F)(CCC)CO2)cc1F. The van der Waals surface area contributed by atoms with Crippen LogP contribution in [0.15, 0.2) is 30.9 Å². The van der Waals surface area contributed by atoms with Crippen LogP contribution in [-0.2, 0) is 15.9 Å². The Kier molecular flexibility index (Phi) is 6.54. The number of aryl methyl sites for hydroxylation is 1. The number of ether oxygens (including phenoxy) is 3. The van der Waals surface area contributed by atoms with E-state index in [9.17, 15) is 8.78 Å². The highest BCUT2D eigenvalue weighted by Gasteiger charge is 2.36.